The van der Waals surface area contributed by atoms with E-state index >= 15 is 0 Å². The molecule has 28 heteroatoms. The number of nitrogens with two attached hydrogens (primary N) is 3. The summed E-state index contributed by atoms with van der Waals surface area (Å²) in [6.45, 7) is 0.871. The number of hydrogen-bond acceptors (Lipinski definition) is 15. The van der Waals surface area contributed by atoms with Gasteiger partial charge in [0, 0.05) is 48.8 Å². The van der Waals surface area contributed by atoms with Gasteiger partial charge < -0.3 is 70.2 Å². The van der Waals surface area contributed by atoms with Crippen LogP contribution in [-0.4, -0.2) is 166 Å². The summed E-state index contributed by atoms with van der Waals surface area (Å²) in [7, 11) is 0. The van der Waals surface area contributed by atoms with E-state index in [4.69, 9.17) is 17.2 Å². The number of hydrogen-bond donors (Lipinski definition) is 13. The van der Waals surface area contributed by atoms with Gasteiger partial charge in [-0.25, -0.2) is 0 Å². The largest absolute Gasteiger partial charge is 0.481 e. The Bertz CT molecular complexity index is 2030. The maximum absolute atomic E-state index is 14.2. The molecule has 3 rings (SSSR count). The summed E-state index contributed by atoms with van der Waals surface area (Å²) in [6, 6.07) is -1.42. The van der Waals surface area contributed by atoms with Crippen molar-refractivity contribution in [2.75, 3.05) is 47.7 Å². The summed E-state index contributed by atoms with van der Waals surface area (Å²) >= 11 is 3.10. The molecule has 25 nitrogen and oxygen atoms in total. The molecule has 380 valence electrons. The SMILES string of the molecule is CC(=O)NCCCC[C@@H]1NC(=O)CSC[C@@H](C(N)=O)NC(=O)[C@H](Cc2ccccc2)NC(=O)[C@@H]2CSCSC[C@H](NC1=O)C(=O)N[C@@H](CCCN=C(N)N)C(=O)NCC(=O)N[C@@H](CC(=O)O)C(=O)N2. The molecule has 0 aliphatic carbocycles. The van der Waals surface area contributed by atoms with Crippen LogP contribution in [0.15, 0.2) is 35.3 Å². The van der Waals surface area contributed by atoms with Crippen molar-refractivity contribution in [1.29, 1.82) is 0 Å². The zero-order chi connectivity index (χ0) is 50.9. The molecule has 2 aliphatic rings. The number of aliphatic imine (C=N–C) groups is 1. The Labute approximate surface area is 410 Å². The summed E-state index contributed by atoms with van der Waals surface area (Å²) in [5, 5.41) is 32.6. The number of nitrogens with one attached hydrogen (secondary N) is 9. The molecule has 1 aromatic rings. The number of thioether (sulfide) groups is 3. The Morgan fingerprint density at radius 1 is 0.667 bits per heavy atom. The second-order valence-electron chi connectivity index (χ2n) is 15.8. The Kier molecular flexibility index (Phi) is 25.0. The first-order chi connectivity index (χ1) is 32.8. The Balaban J connectivity index is 2.12. The number of carbonyl (C=O) groups excluding carboxylic acids is 10. The fraction of sp³-hybridized carbons (Fsp3) is 0.561. The van der Waals surface area contributed by atoms with Crippen molar-refractivity contribution in [2.24, 2.45) is 22.2 Å². The van der Waals surface area contributed by atoms with Crippen molar-refractivity contribution in [2.45, 2.75) is 94.2 Å². The molecule has 1 aromatic carbocycles. The molecule has 2 aliphatic heterocycles. The molecule has 7 atom stereocenters. The van der Waals surface area contributed by atoms with E-state index in [2.05, 4.69) is 52.8 Å². The monoisotopic (exact) mass is 1020 g/mol. The van der Waals surface area contributed by atoms with Crippen molar-refractivity contribution < 1.29 is 57.8 Å². The van der Waals surface area contributed by atoms with Gasteiger partial charge in [-0.3, -0.25) is 57.7 Å². The lowest BCUT2D eigenvalue weighted by Crippen LogP contribution is -2.60. The van der Waals surface area contributed by atoms with Crippen molar-refractivity contribution in [3.8, 4) is 0 Å². The average Bonchev–Trinajstić information content (AvgIpc) is 3.28. The predicted molar refractivity (Wildman–Crippen MR) is 258 cm³/mol. The van der Waals surface area contributed by atoms with E-state index in [0.717, 1.165) is 35.3 Å². The lowest BCUT2D eigenvalue weighted by molar-refractivity contribution is -0.141. The molecule has 0 spiro atoms. The van der Waals surface area contributed by atoms with E-state index in [1.807, 2.05) is 0 Å². The summed E-state index contributed by atoms with van der Waals surface area (Å²) in [4.78, 5) is 150. The molecular formula is C41H61N13O12S3. The van der Waals surface area contributed by atoms with Crippen LogP contribution in [0.4, 0.5) is 0 Å². The molecular weight excluding hydrogens is 963 g/mol. The van der Waals surface area contributed by atoms with Gasteiger partial charge in [0.2, 0.25) is 59.1 Å². The van der Waals surface area contributed by atoms with Gasteiger partial charge in [-0.1, -0.05) is 30.3 Å². The topological polar surface area (TPSA) is 407 Å². The van der Waals surface area contributed by atoms with Crippen LogP contribution in [-0.2, 0) is 59.2 Å². The normalized spacial score (nSPS) is 24.3. The number of rotatable bonds is 14. The third kappa shape index (κ3) is 22.1. The molecule has 0 radical (unpaired) electrons. The minimum atomic E-state index is -1.76. The molecule has 10 amide bonds. The van der Waals surface area contributed by atoms with Gasteiger partial charge in [-0.2, -0.15) is 0 Å². The van der Waals surface area contributed by atoms with Crippen LogP contribution in [0.2, 0.25) is 0 Å². The Morgan fingerprint density at radius 2 is 1.25 bits per heavy atom. The summed E-state index contributed by atoms with van der Waals surface area (Å²) in [5.74, 6) is -10.8. The van der Waals surface area contributed by atoms with Gasteiger partial charge in [0.15, 0.2) is 5.96 Å². The first kappa shape index (κ1) is 57.0. The highest BCUT2D eigenvalue weighted by atomic mass is 32.2. The molecule has 69 heavy (non-hydrogen) atoms. The number of primary amides is 1. The maximum Gasteiger partial charge on any atom is 0.305 e. The lowest BCUT2D eigenvalue weighted by atomic mass is 10.0. The number of guanidine groups is 1. The van der Waals surface area contributed by atoms with Crippen LogP contribution in [0.3, 0.4) is 0 Å². The average molecular weight is 1020 g/mol. The maximum atomic E-state index is 14.2. The molecule has 16 N–H and O–H groups in total. The zero-order valence-corrected chi connectivity index (χ0v) is 40.3. The molecule has 2 fully saturated rings. The van der Waals surface area contributed by atoms with Crippen molar-refractivity contribution in [3.63, 3.8) is 0 Å². The fourth-order valence-electron chi connectivity index (χ4n) is 6.58. The van der Waals surface area contributed by atoms with Crippen molar-refractivity contribution in [1.82, 2.24) is 47.9 Å². The molecule has 2 saturated heterocycles. The summed E-state index contributed by atoms with van der Waals surface area (Å²) in [5.41, 5.74) is 17.1. The van der Waals surface area contributed by atoms with E-state index in [9.17, 15) is 57.8 Å². The minimum absolute atomic E-state index is 0.0476. The van der Waals surface area contributed by atoms with Gasteiger partial charge >= 0.3 is 5.97 Å². The molecule has 2 heterocycles. The highest BCUT2D eigenvalue weighted by Crippen LogP contribution is 2.17. The second kappa shape index (κ2) is 30.3. The van der Waals surface area contributed by atoms with E-state index in [1.165, 1.54) is 6.92 Å². The van der Waals surface area contributed by atoms with Gasteiger partial charge in [0.05, 0.1) is 18.7 Å². The summed E-state index contributed by atoms with van der Waals surface area (Å²) in [6.07, 6.45) is -0.152. The van der Waals surface area contributed by atoms with E-state index < -0.39 is 114 Å². The predicted octanol–water partition coefficient (Wildman–Crippen LogP) is -4.76. The van der Waals surface area contributed by atoms with Gasteiger partial charge in [0.25, 0.3) is 0 Å². The quantitative estimate of drug-likeness (QED) is 0.0473. The van der Waals surface area contributed by atoms with Gasteiger partial charge in [-0.15, -0.1) is 35.3 Å². The molecule has 0 aromatic heterocycles. The molecule has 2 bridgehead atoms. The highest BCUT2D eigenvalue weighted by molar-refractivity contribution is 8.16. The van der Waals surface area contributed by atoms with Crippen LogP contribution in [0.25, 0.3) is 0 Å². The third-order valence-corrected chi connectivity index (χ3v) is 13.6. The Hall–Kier alpha value is -6.29. The minimum Gasteiger partial charge on any atom is -0.481 e. The number of benzene rings is 1. The standard InChI is InChI=1S/C41H61N13O12S3/c1-22(55)45-12-6-5-10-25-36(62)53-29-18-68-21-69-19-30(40(66)51-26(14-23-8-3-2-4-9-23)37(63)52-28(34(42)60)17-67-20-32(57)48-25)54-38(64)27(15-33(58)59)49-31(56)16-47-35(61)24(50-39(29)65)11-7-13-46-41(43)44/h2-4,8-9,24-30H,5-7,10-21H2,1H3,(H2,42,60)(H,45,55)(H,47,61)(H,48,57)(H,49,56)(H,50,65)(H,51,66)(H,52,63)(H,53,62)(H,54,64)(H,58,59)(H4,43,44,46)/t24-,25-,26-,27-,28-,29-,30-/m0/s1. The van der Waals surface area contributed by atoms with Crippen molar-refractivity contribution in [3.05, 3.63) is 35.9 Å². The third-order valence-electron chi connectivity index (χ3n) is 10.1. The number of fused-ring (bicyclic) bond motifs is 6. The Morgan fingerprint density at radius 3 is 1.86 bits per heavy atom. The first-order valence-corrected chi connectivity index (χ1v) is 25.3. The van der Waals surface area contributed by atoms with Crippen LogP contribution < -0.4 is 65.1 Å². The van der Waals surface area contributed by atoms with Gasteiger partial charge in [0.1, 0.15) is 42.3 Å². The van der Waals surface area contributed by atoms with E-state index in [0.29, 0.717) is 18.4 Å². The number of unbranched alkanes of at least 4 members (excludes halogenated alkanes) is 1. The van der Waals surface area contributed by atoms with E-state index in [1.54, 1.807) is 30.3 Å². The highest BCUT2D eigenvalue weighted by Gasteiger charge is 2.34. The van der Waals surface area contributed by atoms with Gasteiger partial charge in [-0.05, 0) is 37.7 Å². The zero-order valence-electron chi connectivity index (χ0n) is 37.9. The van der Waals surface area contributed by atoms with Crippen LogP contribution in [0, 0.1) is 0 Å². The van der Waals surface area contributed by atoms with Crippen LogP contribution in [0.1, 0.15) is 51.0 Å². The smallest absolute Gasteiger partial charge is 0.305 e. The number of carboxylic acids is 1. The lowest BCUT2D eigenvalue weighted by Gasteiger charge is -2.26. The van der Waals surface area contributed by atoms with Crippen LogP contribution in [0.5, 0.6) is 0 Å². The number of nitrogens with zero attached hydrogens (tertiary/aromatic N) is 1. The fourth-order valence-corrected chi connectivity index (χ4v) is 9.63. The number of aliphatic carboxylic acids is 1. The number of amides is 10. The summed E-state index contributed by atoms with van der Waals surface area (Å²) < 4.78 is 0. The van der Waals surface area contributed by atoms with Crippen LogP contribution >= 0.6 is 35.3 Å². The second-order valence-corrected chi connectivity index (χ2v) is 19.2. The molecule has 0 saturated carbocycles. The number of carbonyl (C=O) groups is 11. The molecule has 0 unspecified atom stereocenters. The number of carboxylic acid groups (broad SMARTS) is 1. The van der Waals surface area contributed by atoms with E-state index in [-0.39, 0.29) is 78.7 Å². The van der Waals surface area contributed by atoms with Crippen molar-refractivity contribution >= 4 is 106 Å². The first-order valence-electron chi connectivity index (χ1n) is 21.8.